The molecule has 3 aliphatic rings. The number of halogens is 1. The molecule has 8 nitrogen and oxygen atoms in total. The van der Waals surface area contributed by atoms with Crippen molar-refractivity contribution in [2.45, 2.75) is 38.7 Å². The quantitative estimate of drug-likeness (QED) is 0.599. The number of hydrazone groups is 2. The fraction of sp³-hybridized carbons (Fsp3) is 0.429. The van der Waals surface area contributed by atoms with Crippen LogP contribution in [0.15, 0.2) is 40.4 Å². The van der Waals surface area contributed by atoms with E-state index in [1.54, 1.807) is 4.52 Å². The second-order valence-electron chi connectivity index (χ2n) is 7.77. The van der Waals surface area contributed by atoms with Gasteiger partial charge in [0.05, 0.1) is 23.2 Å². The third-order valence-electron chi connectivity index (χ3n) is 5.43. The third-order valence-corrected chi connectivity index (χ3v) is 5.43. The third kappa shape index (κ3) is 4.17. The Kier molecular flexibility index (Phi) is 5.74. The molecule has 2 aromatic heterocycles. The van der Waals surface area contributed by atoms with Gasteiger partial charge in [-0.1, -0.05) is 6.08 Å². The first-order valence-corrected chi connectivity index (χ1v) is 10.0. The summed E-state index contributed by atoms with van der Waals surface area (Å²) in [7, 11) is 0. The van der Waals surface area contributed by atoms with E-state index in [0.717, 1.165) is 42.2 Å². The highest BCUT2D eigenvalue weighted by Crippen LogP contribution is 2.28. The van der Waals surface area contributed by atoms with E-state index in [-0.39, 0.29) is 5.71 Å². The number of fused-ring (bicyclic) bond motifs is 1. The lowest BCUT2D eigenvalue weighted by molar-refractivity contribution is -0.0358. The molecule has 0 aromatic carbocycles. The van der Waals surface area contributed by atoms with Gasteiger partial charge in [-0.25, -0.2) is 13.9 Å². The predicted molar refractivity (Wildman–Crippen MR) is 115 cm³/mol. The van der Waals surface area contributed by atoms with Gasteiger partial charge in [0.15, 0.2) is 5.65 Å². The van der Waals surface area contributed by atoms with Crippen molar-refractivity contribution >= 4 is 23.6 Å². The van der Waals surface area contributed by atoms with Crippen LogP contribution in [0.1, 0.15) is 36.2 Å². The Morgan fingerprint density at radius 2 is 2.20 bits per heavy atom. The molecule has 5 rings (SSSR count). The predicted octanol–water partition coefficient (Wildman–Crippen LogP) is 2.69. The van der Waals surface area contributed by atoms with E-state index in [9.17, 15) is 4.39 Å². The fourth-order valence-corrected chi connectivity index (χ4v) is 3.78. The normalized spacial score (nSPS) is 21.0. The van der Waals surface area contributed by atoms with Crippen molar-refractivity contribution in [3.63, 3.8) is 0 Å². The molecule has 2 aliphatic heterocycles. The van der Waals surface area contributed by atoms with Crippen LogP contribution in [0.2, 0.25) is 0 Å². The van der Waals surface area contributed by atoms with Crippen LogP contribution in [0, 0.1) is 13.8 Å². The van der Waals surface area contributed by atoms with E-state index < -0.39 is 5.83 Å². The Morgan fingerprint density at radius 3 is 2.80 bits per heavy atom. The van der Waals surface area contributed by atoms with Crippen LogP contribution in [0.3, 0.4) is 0 Å². The first-order valence-electron chi connectivity index (χ1n) is 10.0. The summed E-state index contributed by atoms with van der Waals surface area (Å²) in [5, 5.41) is 14.9. The van der Waals surface area contributed by atoms with Crippen molar-refractivity contribution < 1.29 is 9.13 Å². The topological polar surface area (TPSA) is 88.2 Å². The van der Waals surface area contributed by atoms with Gasteiger partial charge < -0.3 is 10.1 Å². The van der Waals surface area contributed by atoms with Crippen LogP contribution < -0.4 is 10.9 Å². The second kappa shape index (κ2) is 8.45. The van der Waals surface area contributed by atoms with Gasteiger partial charge in [-0.05, 0) is 44.4 Å². The number of aromatic nitrogens is 3. The van der Waals surface area contributed by atoms with Crippen molar-refractivity contribution in [3.05, 3.63) is 47.2 Å². The molecule has 0 bridgehead atoms. The molecule has 4 heterocycles. The molecule has 0 unspecified atom stereocenters. The highest BCUT2D eigenvalue weighted by Gasteiger charge is 2.40. The van der Waals surface area contributed by atoms with Gasteiger partial charge in [0.25, 0.3) is 0 Å². The van der Waals surface area contributed by atoms with E-state index in [1.165, 1.54) is 18.9 Å². The highest BCUT2D eigenvalue weighted by molar-refractivity contribution is 6.04. The fourth-order valence-electron chi connectivity index (χ4n) is 3.78. The minimum Gasteiger partial charge on any atom is -0.372 e. The van der Waals surface area contributed by atoms with Crippen LogP contribution >= 0.6 is 0 Å². The smallest absolute Gasteiger partial charge is 0.156 e. The molecule has 30 heavy (non-hydrogen) atoms. The molecule has 0 atom stereocenters. The van der Waals surface area contributed by atoms with Crippen LogP contribution in [0.4, 0.5) is 4.39 Å². The van der Waals surface area contributed by atoms with Gasteiger partial charge in [0.2, 0.25) is 0 Å². The van der Waals surface area contributed by atoms with Crippen molar-refractivity contribution in [1.29, 1.82) is 0 Å². The maximum absolute atomic E-state index is 14.1. The van der Waals surface area contributed by atoms with Gasteiger partial charge in [-0.15, -0.1) is 0 Å². The largest absolute Gasteiger partial charge is 0.372 e. The zero-order chi connectivity index (χ0) is 21.1. The molecule has 0 amide bonds. The number of nitrogens with one attached hydrogen (secondary N) is 2. The molecule has 1 spiro atoms. The molecule has 2 fully saturated rings. The Balaban J connectivity index is 0.000000225. The number of ether oxygens (including phenoxy) is 1. The van der Waals surface area contributed by atoms with Crippen molar-refractivity contribution in [2.24, 2.45) is 10.2 Å². The van der Waals surface area contributed by atoms with Crippen molar-refractivity contribution in [2.75, 3.05) is 19.7 Å². The Bertz CT molecular complexity index is 1040. The molecular formula is C21H26FN7O. The van der Waals surface area contributed by atoms with Crippen LogP contribution in [0.5, 0.6) is 0 Å². The van der Waals surface area contributed by atoms with Crippen LogP contribution in [0.25, 0.3) is 11.2 Å². The standard InChI is InChI=1S/C15H15FN6.C6H11NO/c1-9-6-14(20-22-8-10(2)18-15(9)22)11-4-5-13(12(16)7-11)19-21-17-3;1-2-6(8-3-1)4-7-5-6/h4,6-8,21H,3,5H2,1-2H3;7H,1-5H2/b19-13+;. The SMILES string of the molecule is C1COC2(C1)CNC2.C=NN/N=C1\CC=C(c2cc(C)c3nc(C)cn3n2)C=C1F. The molecule has 0 saturated carbocycles. The lowest BCUT2D eigenvalue weighted by atomic mass is 9.94. The second-order valence-corrected chi connectivity index (χ2v) is 7.77. The summed E-state index contributed by atoms with van der Waals surface area (Å²) >= 11 is 0. The minimum absolute atomic E-state index is 0.285. The van der Waals surface area contributed by atoms with E-state index in [0.29, 0.717) is 17.7 Å². The average Bonchev–Trinajstić information content (AvgIpc) is 3.34. The van der Waals surface area contributed by atoms with Gasteiger partial charge in [-0.3, -0.25) is 0 Å². The molecule has 2 saturated heterocycles. The summed E-state index contributed by atoms with van der Waals surface area (Å²) in [6.45, 7) is 10.3. The number of aryl methyl sites for hydroxylation is 2. The number of hydrogen-bond donors (Lipinski definition) is 2. The molecular weight excluding hydrogens is 385 g/mol. The maximum Gasteiger partial charge on any atom is 0.156 e. The average molecular weight is 411 g/mol. The molecule has 2 aromatic rings. The zero-order valence-corrected chi connectivity index (χ0v) is 17.3. The van der Waals surface area contributed by atoms with Gasteiger partial charge in [-0.2, -0.15) is 20.8 Å². The molecule has 158 valence electrons. The molecule has 1 aliphatic carbocycles. The summed E-state index contributed by atoms with van der Waals surface area (Å²) in [6.07, 6.45) is 8.06. The summed E-state index contributed by atoms with van der Waals surface area (Å²) in [6, 6.07) is 1.91. The van der Waals surface area contributed by atoms with Crippen LogP contribution in [-0.2, 0) is 4.74 Å². The summed E-state index contributed by atoms with van der Waals surface area (Å²) < 4.78 is 21.3. The van der Waals surface area contributed by atoms with Gasteiger partial charge >= 0.3 is 0 Å². The monoisotopic (exact) mass is 411 g/mol. The van der Waals surface area contributed by atoms with E-state index in [2.05, 4.69) is 37.9 Å². The molecule has 9 heteroatoms. The molecule has 2 N–H and O–H groups in total. The van der Waals surface area contributed by atoms with E-state index >= 15 is 0 Å². The number of hydrogen-bond acceptors (Lipinski definition) is 7. The van der Waals surface area contributed by atoms with Crippen molar-refractivity contribution in [3.8, 4) is 0 Å². The Hall–Kier alpha value is -2.91. The lowest BCUT2D eigenvalue weighted by Crippen LogP contribution is -2.58. The Morgan fingerprint density at radius 1 is 1.37 bits per heavy atom. The van der Waals surface area contributed by atoms with E-state index in [1.807, 2.05) is 32.2 Å². The number of nitrogens with zero attached hydrogens (tertiary/aromatic N) is 5. The van der Waals surface area contributed by atoms with E-state index in [4.69, 9.17) is 4.74 Å². The highest BCUT2D eigenvalue weighted by atomic mass is 19.1. The van der Waals surface area contributed by atoms with Gasteiger partial charge in [0.1, 0.15) is 11.5 Å². The first kappa shape index (κ1) is 20.4. The van der Waals surface area contributed by atoms with Gasteiger partial charge in [0, 0.05) is 38.4 Å². The Labute approximate surface area is 174 Å². The van der Waals surface area contributed by atoms with Crippen molar-refractivity contribution in [1.82, 2.24) is 25.4 Å². The first-order chi connectivity index (χ1) is 14.5. The molecule has 0 radical (unpaired) electrons. The number of imidazole rings is 1. The van der Waals surface area contributed by atoms with Crippen LogP contribution in [-0.4, -0.2) is 52.3 Å². The summed E-state index contributed by atoms with van der Waals surface area (Å²) in [5.74, 6) is -0.407. The zero-order valence-electron chi connectivity index (χ0n) is 17.3. The summed E-state index contributed by atoms with van der Waals surface area (Å²) in [5.41, 5.74) is 7.01. The number of rotatable bonds is 3. The number of allylic oxidation sites excluding steroid dienone is 4. The summed E-state index contributed by atoms with van der Waals surface area (Å²) in [4.78, 5) is 4.41. The maximum atomic E-state index is 14.1. The minimum atomic E-state index is -0.407. The lowest BCUT2D eigenvalue weighted by Gasteiger charge is -2.37.